The van der Waals surface area contributed by atoms with E-state index in [-0.39, 0.29) is 18.9 Å². The molecule has 1 rings (SSSR count). The molecule has 0 spiro atoms. The number of carboxylic acid groups (broad SMARTS) is 1. The Kier molecular flexibility index (Phi) is 8.17. The third-order valence-corrected chi connectivity index (χ3v) is 2.82. The topological polar surface area (TPSA) is 55.4 Å². The number of hydrogen-bond acceptors (Lipinski definition) is 4. The Morgan fingerprint density at radius 3 is 2.47 bits per heavy atom. The molecule has 0 aromatic rings. The molecule has 1 aliphatic heterocycles. The summed E-state index contributed by atoms with van der Waals surface area (Å²) in [5.41, 5.74) is 0. The number of carbonyl (C=O) groups is 1. The molecule has 4 nitrogen and oxygen atoms in total. The molecule has 0 amide bonds. The monoisotopic (exact) mass is 206 g/mol. The molecule has 1 atom stereocenters. The number of nitrogens with one attached hydrogen (secondary N) is 1. The molecule has 0 radical (unpaired) electrons. The number of likely N-dealkylation sites (N-methyl/N-ethyl adjacent to an activating group) is 1. The fraction of sp³-hybridized carbons (Fsp3) is 0.900. The van der Waals surface area contributed by atoms with E-state index in [9.17, 15) is 9.90 Å². The summed E-state index contributed by atoms with van der Waals surface area (Å²) in [6.07, 6.45) is 4.44. The van der Waals surface area contributed by atoms with Crippen LogP contribution in [-0.2, 0) is 4.79 Å². The molecule has 1 fully saturated rings. The van der Waals surface area contributed by atoms with Gasteiger partial charge in [0.15, 0.2) is 0 Å². The number of rotatable bonds is 5. The second kappa shape index (κ2) is 8.18. The average Bonchev–Trinajstić information content (AvgIpc) is 2.20. The Morgan fingerprint density at radius 1 is 1.40 bits per heavy atom. The Labute approximate surface area is 104 Å². The van der Waals surface area contributed by atoms with Gasteiger partial charge in [-0.2, -0.15) is 0 Å². The van der Waals surface area contributed by atoms with Crippen LogP contribution in [0.1, 0.15) is 25.7 Å². The Hall–Kier alpha value is -0.0126. The maximum absolute atomic E-state index is 10.6. The van der Waals surface area contributed by atoms with Gasteiger partial charge in [0, 0.05) is 6.04 Å². The first-order valence-electron chi connectivity index (χ1n) is 5.34. The minimum atomic E-state index is -0.996. The van der Waals surface area contributed by atoms with E-state index in [1.807, 2.05) is 0 Å². The summed E-state index contributed by atoms with van der Waals surface area (Å²) in [6, 6.07) is -0.503. The fourth-order valence-corrected chi connectivity index (χ4v) is 1.87. The van der Waals surface area contributed by atoms with Crippen LogP contribution in [0.25, 0.3) is 0 Å². The van der Waals surface area contributed by atoms with Crippen LogP contribution in [0, 0.1) is 0 Å². The summed E-state index contributed by atoms with van der Waals surface area (Å²) in [6.45, 7) is 3.09. The molecular formula is C10H19LiN2O2. The summed E-state index contributed by atoms with van der Waals surface area (Å²) in [5, 5.41) is 13.4. The molecule has 0 bridgehead atoms. The van der Waals surface area contributed by atoms with Gasteiger partial charge in [0.25, 0.3) is 0 Å². The summed E-state index contributed by atoms with van der Waals surface area (Å²) in [5.74, 6) is -0.996. The van der Waals surface area contributed by atoms with E-state index >= 15 is 0 Å². The predicted molar refractivity (Wildman–Crippen MR) is 52.8 cm³/mol. The van der Waals surface area contributed by atoms with Gasteiger partial charge in [0.2, 0.25) is 0 Å². The van der Waals surface area contributed by atoms with Crippen molar-refractivity contribution in [2.24, 2.45) is 0 Å². The molecule has 1 N–H and O–H groups in total. The van der Waals surface area contributed by atoms with Gasteiger partial charge in [-0.15, -0.1) is 0 Å². The zero-order chi connectivity index (χ0) is 10.4. The largest absolute Gasteiger partial charge is 1.00 e. The summed E-state index contributed by atoms with van der Waals surface area (Å²) >= 11 is 0. The zero-order valence-corrected chi connectivity index (χ0v) is 9.79. The van der Waals surface area contributed by atoms with Gasteiger partial charge >= 0.3 is 18.9 Å². The summed E-state index contributed by atoms with van der Waals surface area (Å²) < 4.78 is 0. The van der Waals surface area contributed by atoms with E-state index in [0.29, 0.717) is 6.42 Å². The molecule has 5 heteroatoms. The minimum Gasteiger partial charge on any atom is -0.548 e. The third kappa shape index (κ3) is 5.58. The summed E-state index contributed by atoms with van der Waals surface area (Å²) in [7, 11) is 1.66. The number of carboxylic acids is 1. The first-order valence-corrected chi connectivity index (χ1v) is 5.34. The van der Waals surface area contributed by atoms with Crippen LogP contribution < -0.4 is 29.3 Å². The first kappa shape index (κ1) is 15.0. The average molecular weight is 206 g/mol. The van der Waals surface area contributed by atoms with Crippen LogP contribution in [0.15, 0.2) is 0 Å². The molecule has 1 aliphatic rings. The van der Waals surface area contributed by atoms with Crippen molar-refractivity contribution in [3.63, 3.8) is 0 Å². The molecule has 82 valence electrons. The molecule has 0 aliphatic carbocycles. The number of likely N-dealkylation sites (tertiary alicyclic amines) is 1. The van der Waals surface area contributed by atoms with E-state index in [1.54, 1.807) is 7.05 Å². The zero-order valence-electron chi connectivity index (χ0n) is 9.79. The van der Waals surface area contributed by atoms with Crippen molar-refractivity contribution in [2.75, 3.05) is 26.7 Å². The van der Waals surface area contributed by atoms with Crippen molar-refractivity contribution in [1.29, 1.82) is 0 Å². The van der Waals surface area contributed by atoms with Crippen molar-refractivity contribution in [3.05, 3.63) is 0 Å². The van der Waals surface area contributed by atoms with E-state index in [2.05, 4.69) is 10.2 Å². The number of nitrogens with zero attached hydrogens (tertiary/aromatic N) is 1. The number of aliphatic carboxylic acids is 1. The third-order valence-electron chi connectivity index (χ3n) is 2.82. The molecule has 0 saturated carbocycles. The minimum absolute atomic E-state index is 0. The maximum Gasteiger partial charge on any atom is 1.00 e. The van der Waals surface area contributed by atoms with Crippen LogP contribution in [0.2, 0.25) is 0 Å². The van der Waals surface area contributed by atoms with Gasteiger partial charge in [-0.3, -0.25) is 0 Å². The second-order valence-electron chi connectivity index (χ2n) is 3.85. The number of carbonyl (C=O) groups excluding carboxylic acids is 1. The van der Waals surface area contributed by atoms with Crippen molar-refractivity contribution < 1.29 is 28.8 Å². The SMILES string of the molecule is CN[C@H](CCN1CCCCC1)C(=O)[O-].[Li+]. The van der Waals surface area contributed by atoms with Gasteiger partial charge in [0.1, 0.15) is 0 Å². The summed E-state index contributed by atoms with van der Waals surface area (Å²) in [4.78, 5) is 12.9. The Bertz CT molecular complexity index is 184. The smallest absolute Gasteiger partial charge is 0.548 e. The van der Waals surface area contributed by atoms with E-state index < -0.39 is 12.0 Å². The Balaban J connectivity index is 0.00000196. The normalized spacial score (nSPS) is 19.3. The fourth-order valence-electron chi connectivity index (χ4n) is 1.87. The quantitative estimate of drug-likeness (QED) is 0.469. The van der Waals surface area contributed by atoms with Crippen molar-refractivity contribution in [1.82, 2.24) is 10.2 Å². The number of piperidine rings is 1. The van der Waals surface area contributed by atoms with Crippen molar-refractivity contribution in [2.45, 2.75) is 31.7 Å². The van der Waals surface area contributed by atoms with Crippen molar-refractivity contribution in [3.8, 4) is 0 Å². The Morgan fingerprint density at radius 2 is 2.00 bits per heavy atom. The van der Waals surface area contributed by atoms with Crippen LogP contribution >= 0.6 is 0 Å². The molecule has 0 aromatic carbocycles. The van der Waals surface area contributed by atoms with Gasteiger partial charge in [-0.05, 0) is 45.9 Å². The van der Waals surface area contributed by atoms with Gasteiger partial charge in [-0.25, -0.2) is 0 Å². The maximum atomic E-state index is 10.6. The van der Waals surface area contributed by atoms with Crippen LogP contribution in [0.5, 0.6) is 0 Å². The van der Waals surface area contributed by atoms with Crippen LogP contribution in [-0.4, -0.2) is 43.6 Å². The van der Waals surface area contributed by atoms with E-state index in [4.69, 9.17) is 0 Å². The molecule has 1 saturated heterocycles. The molecular weight excluding hydrogens is 187 g/mol. The molecule has 1 heterocycles. The first-order chi connectivity index (χ1) is 6.74. The second-order valence-corrected chi connectivity index (χ2v) is 3.85. The van der Waals surface area contributed by atoms with Gasteiger partial charge < -0.3 is 20.1 Å². The van der Waals surface area contributed by atoms with Gasteiger partial charge in [-0.1, -0.05) is 6.42 Å². The van der Waals surface area contributed by atoms with E-state index in [0.717, 1.165) is 19.6 Å². The van der Waals surface area contributed by atoms with Gasteiger partial charge in [0.05, 0.1) is 5.97 Å². The van der Waals surface area contributed by atoms with E-state index in [1.165, 1.54) is 19.3 Å². The number of hydrogen-bond donors (Lipinski definition) is 1. The van der Waals surface area contributed by atoms with Crippen molar-refractivity contribution >= 4 is 5.97 Å². The standard InChI is InChI=1S/C10H20N2O2.Li/c1-11-9(10(13)14)5-8-12-6-3-2-4-7-12;/h9,11H,2-8H2,1H3,(H,13,14);/q;+1/p-1/t9-;/m1./s1. The molecule has 0 aromatic heterocycles. The molecule has 15 heavy (non-hydrogen) atoms. The van der Waals surface area contributed by atoms with Crippen LogP contribution in [0.4, 0.5) is 0 Å². The predicted octanol–water partition coefficient (Wildman–Crippen LogP) is -3.80. The molecule has 0 unspecified atom stereocenters. The van der Waals surface area contributed by atoms with Crippen LogP contribution in [0.3, 0.4) is 0 Å².